The molecule has 3 atom stereocenters. The van der Waals surface area contributed by atoms with Gasteiger partial charge in [-0.15, -0.1) is 25.6 Å². The zero-order chi connectivity index (χ0) is 17.5. The van der Waals surface area contributed by atoms with E-state index in [4.69, 9.17) is 0 Å². The SMILES string of the molecule is CC(c1ccc(OC(F)(F)F)cc1)N1C[C@@H]2CCC[C@@]2(C(=O)O)C1.Cl. The summed E-state index contributed by atoms with van der Waals surface area (Å²) in [6.45, 7) is 3.17. The number of fused-ring (bicyclic) bond motifs is 1. The highest BCUT2D eigenvalue weighted by molar-refractivity contribution is 5.85. The van der Waals surface area contributed by atoms with Crippen molar-refractivity contribution in [2.24, 2.45) is 11.3 Å². The van der Waals surface area contributed by atoms with Gasteiger partial charge < -0.3 is 9.84 Å². The van der Waals surface area contributed by atoms with Crippen molar-refractivity contribution in [2.45, 2.75) is 38.6 Å². The van der Waals surface area contributed by atoms with E-state index in [0.29, 0.717) is 19.5 Å². The Bertz CT molecular complexity index is 623. The highest BCUT2D eigenvalue weighted by atomic mass is 35.5. The van der Waals surface area contributed by atoms with Crippen molar-refractivity contribution in [3.05, 3.63) is 29.8 Å². The lowest BCUT2D eigenvalue weighted by Crippen LogP contribution is -2.36. The Morgan fingerprint density at radius 2 is 2.00 bits per heavy atom. The molecule has 0 spiro atoms. The number of nitrogens with zero attached hydrogens (tertiary/aromatic N) is 1. The maximum absolute atomic E-state index is 12.2. The monoisotopic (exact) mass is 379 g/mol. The lowest BCUT2D eigenvalue weighted by Gasteiger charge is -2.27. The number of likely N-dealkylation sites (tertiary alicyclic amines) is 1. The molecule has 0 bridgehead atoms. The highest BCUT2D eigenvalue weighted by Crippen LogP contribution is 2.50. The molecule has 1 saturated carbocycles. The maximum Gasteiger partial charge on any atom is 0.573 e. The summed E-state index contributed by atoms with van der Waals surface area (Å²) in [5.74, 6) is -0.822. The second-order valence-electron chi connectivity index (χ2n) is 6.77. The van der Waals surface area contributed by atoms with Gasteiger partial charge in [0.15, 0.2) is 0 Å². The van der Waals surface area contributed by atoms with E-state index in [1.165, 1.54) is 12.1 Å². The fourth-order valence-corrected chi connectivity index (χ4v) is 4.13. The number of benzene rings is 1. The number of carboxylic acids is 1. The van der Waals surface area contributed by atoms with Crippen LogP contribution in [0.3, 0.4) is 0 Å². The second kappa shape index (κ2) is 7.03. The minimum atomic E-state index is -4.70. The number of rotatable bonds is 4. The molecule has 4 nitrogen and oxygen atoms in total. The molecule has 2 fully saturated rings. The third-order valence-corrected chi connectivity index (χ3v) is 5.47. The molecule has 1 saturated heterocycles. The molecule has 1 unspecified atom stereocenters. The normalized spacial score (nSPS) is 27.4. The third kappa shape index (κ3) is 3.87. The van der Waals surface area contributed by atoms with Gasteiger partial charge in [0.25, 0.3) is 0 Å². The molecule has 3 rings (SSSR count). The Labute approximate surface area is 150 Å². The number of alkyl halides is 3. The fourth-order valence-electron chi connectivity index (χ4n) is 4.13. The molecule has 8 heteroatoms. The van der Waals surface area contributed by atoms with Crippen LogP contribution in [-0.4, -0.2) is 35.4 Å². The second-order valence-corrected chi connectivity index (χ2v) is 6.77. The summed E-state index contributed by atoms with van der Waals surface area (Å²) in [6.07, 6.45) is -2.13. The molecular weight excluding hydrogens is 359 g/mol. The van der Waals surface area contributed by atoms with Gasteiger partial charge in [0.2, 0.25) is 0 Å². The lowest BCUT2D eigenvalue weighted by atomic mass is 9.81. The van der Waals surface area contributed by atoms with Crippen molar-refractivity contribution < 1.29 is 27.8 Å². The molecule has 140 valence electrons. The summed E-state index contributed by atoms with van der Waals surface area (Å²) in [5, 5.41) is 9.64. The Morgan fingerprint density at radius 1 is 1.36 bits per heavy atom. The average molecular weight is 380 g/mol. The van der Waals surface area contributed by atoms with Crippen LogP contribution in [0, 0.1) is 11.3 Å². The van der Waals surface area contributed by atoms with Gasteiger partial charge >= 0.3 is 12.3 Å². The van der Waals surface area contributed by atoms with Gasteiger partial charge in [-0.05, 0) is 43.4 Å². The van der Waals surface area contributed by atoms with E-state index in [0.717, 1.165) is 18.4 Å². The van der Waals surface area contributed by atoms with Crippen LogP contribution >= 0.6 is 12.4 Å². The van der Waals surface area contributed by atoms with E-state index in [1.807, 2.05) is 6.92 Å². The minimum absolute atomic E-state index is 0. The molecule has 0 radical (unpaired) electrons. The number of carboxylic acid groups (broad SMARTS) is 1. The lowest BCUT2D eigenvalue weighted by molar-refractivity contribution is -0.274. The van der Waals surface area contributed by atoms with E-state index in [9.17, 15) is 23.1 Å². The molecule has 1 aliphatic carbocycles. The maximum atomic E-state index is 12.2. The first-order valence-electron chi connectivity index (χ1n) is 8.04. The number of aliphatic carboxylic acids is 1. The van der Waals surface area contributed by atoms with Crippen LogP contribution in [0.25, 0.3) is 0 Å². The number of halogens is 4. The van der Waals surface area contributed by atoms with E-state index in [-0.39, 0.29) is 30.1 Å². The van der Waals surface area contributed by atoms with Crippen molar-refractivity contribution in [3.8, 4) is 5.75 Å². The summed E-state index contributed by atoms with van der Waals surface area (Å²) in [6, 6.07) is 5.75. The van der Waals surface area contributed by atoms with Gasteiger partial charge in [-0.25, -0.2) is 0 Å². The van der Waals surface area contributed by atoms with E-state index in [2.05, 4.69) is 9.64 Å². The molecule has 25 heavy (non-hydrogen) atoms. The van der Waals surface area contributed by atoms with Crippen LogP contribution < -0.4 is 4.74 Å². The van der Waals surface area contributed by atoms with Crippen molar-refractivity contribution in [1.29, 1.82) is 0 Å². The topological polar surface area (TPSA) is 49.8 Å². The Hall–Kier alpha value is -1.47. The summed E-state index contributed by atoms with van der Waals surface area (Å²) in [5.41, 5.74) is 0.193. The van der Waals surface area contributed by atoms with Gasteiger partial charge in [0, 0.05) is 19.1 Å². The van der Waals surface area contributed by atoms with Gasteiger partial charge in [0.05, 0.1) is 5.41 Å². The third-order valence-electron chi connectivity index (χ3n) is 5.47. The van der Waals surface area contributed by atoms with E-state index in [1.54, 1.807) is 12.1 Å². The van der Waals surface area contributed by atoms with Crippen molar-refractivity contribution in [3.63, 3.8) is 0 Å². The average Bonchev–Trinajstić information content (AvgIpc) is 3.03. The molecule has 1 aromatic carbocycles. The predicted octanol–water partition coefficient (Wildman–Crippen LogP) is 4.25. The van der Waals surface area contributed by atoms with Crippen LogP contribution in [0.4, 0.5) is 13.2 Å². The van der Waals surface area contributed by atoms with Crippen LogP contribution in [-0.2, 0) is 4.79 Å². The predicted molar refractivity (Wildman–Crippen MR) is 87.8 cm³/mol. The first-order valence-corrected chi connectivity index (χ1v) is 8.04. The Balaban J connectivity index is 0.00000225. The largest absolute Gasteiger partial charge is 0.573 e. The van der Waals surface area contributed by atoms with Crippen LogP contribution in [0.5, 0.6) is 5.75 Å². The standard InChI is InChI=1S/C17H20F3NO3.ClH/c1-11(12-4-6-14(7-5-12)24-17(18,19)20)21-9-13-3-2-8-16(13,10-21)15(22)23;/h4-7,11,13H,2-3,8-10H2,1H3,(H,22,23);1H/t11?,13-,16+;/m0./s1. The smallest absolute Gasteiger partial charge is 0.481 e. The first-order chi connectivity index (χ1) is 11.2. The van der Waals surface area contributed by atoms with Gasteiger partial charge in [-0.2, -0.15) is 0 Å². The molecule has 1 aliphatic heterocycles. The molecular formula is C17H21ClF3NO3. The highest BCUT2D eigenvalue weighted by Gasteiger charge is 2.55. The quantitative estimate of drug-likeness (QED) is 0.849. The number of ether oxygens (including phenoxy) is 1. The van der Waals surface area contributed by atoms with Gasteiger partial charge in [-0.3, -0.25) is 9.69 Å². The van der Waals surface area contributed by atoms with Crippen LogP contribution in [0.15, 0.2) is 24.3 Å². The Morgan fingerprint density at radius 3 is 2.52 bits per heavy atom. The van der Waals surface area contributed by atoms with Crippen LogP contribution in [0.1, 0.15) is 37.8 Å². The van der Waals surface area contributed by atoms with E-state index >= 15 is 0 Å². The molecule has 1 heterocycles. The summed E-state index contributed by atoms with van der Waals surface area (Å²) in [4.78, 5) is 13.9. The van der Waals surface area contributed by atoms with Crippen LogP contribution in [0.2, 0.25) is 0 Å². The minimum Gasteiger partial charge on any atom is -0.481 e. The first kappa shape index (κ1) is 19.8. The number of carbonyl (C=O) groups is 1. The molecule has 0 aromatic heterocycles. The fraction of sp³-hybridized carbons (Fsp3) is 0.588. The molecule has 0 amide bonds. The summed E-state index contributed by atoms with van der Waals surface area (Å²) >= 11 is 0. The molecule has 1 N–H and O–H groups in total. The van der Waals surface area contributed by atoms with Crippen molar-refractivity contribution in [1.82, 2.24) is 4.90 Å². The summed E-state index contributed by atoms with van der Waals surface area (Å²) < 4.78 is 40.5. The zero-order valence-corrected chi connectivity index (χ0v) is 14.6. The van der Waals surface area contributed by atoms with Gasteiger partial charge in [0.1, 0.15) is 5.75 Å². The van der Waals surface area contributed by atoms with E-state index < -0.39 is 17.7 Å². The number of hydrogen-bond donors (Lipinski definition) is 1. The summed E-state index contributed by atoms with van der Waals surface area (Å²) in [7, 11) is 0. The molecule has 2 aliphatic rings. The van der Waals surface area contributed by atoms with Crippen molar-refractivity contribution in [2.75, 3.05) is 13.1 Å². The zero-order valence-electron chi connectivity index (χ0n) is 13.8. The number of hydrogen-bond acceptors (Lipinski definition) is 3. The van der Waals surface area contributed by atoms with Gasteiger partial charge in [-0.1, -0.05) is 18.6 Å². The van der Waals surface area contributed by atoms with Crippen molar-refractivity contribution >= 4 is 18.4 Å². The Kier molecular flexibility index (Phi) is 5.59. The molecule has 1 aromatic rings.